The Morgan fingerprint density at radius 3 is 2.61 bits per heavy atom. The summed E-state index contributed by atoms with van der Waals surface area (Å²) in [5.41, 5.74) is 0.501. The van der Waals surface area contributed by atoms with Gasteiger partial charge >= 0.3 is 0 Å². The molecule has 0 amide bonds. The molecule has 2 fully saturated rings. The van der Waals surface area contributed by atoms with Gasteiger partial charge in [-0.15, -0.1) is 0 Å². The van der Waals surface area contributed by atoms with Crippen molar-refractivity contribution in [2.24, 2.45) is 11.3 Å². The minimum Gasteiger partial charge on any atom is -0.383 e. The Balaban J connectivity index is 1.81. The Bertz CT molecular complexity index is 221. The summed E-state index contributed by atoms with van der Waals surface area (Å²) in [6.07, 6.45) is 9.72. The zero-order valence-corrected chi connectivity index (χ0v) is 11.9. The fourth-order valence-electron chi connectivity index (χ4n) is 3.61. The average Bonchev–Trinajstić information content (AvgIpc) is 2.89. The van der Waals surface area contributed by atoms with Crippen LogP contribution in [0.15, 0.2) is 0 Å². The van der Waals surface area contributed by atoms with Crippen molar-refractivity contribution in [2.75, 3.05) is 40.0 Å². The molecule has 0 radical (unpaired) electrons. The topological polar surface area (TPSA) is 30.5 Å². The molecule has 18 heavy (non-hydrogen) atoms. The smallest absolute Gasteiger partial charge is 0.0587 e. The third-order valence-corrected chi connectivity index (χ3v) is 4.73. The van der Waals surface area contributed by atoms with Crippen LogP contribution in [0.5, 0.6) is 0 Å². The molecule has 3 heteroatoms. The summed E-state index contributed by atoms with van der Waals surface area (Å²) in [5.74, 6) is 0.979. The molecule has 1 N–H and O–H groups in total. The van der Waals surface area contributed by atoms with E-state index < -0.39 is 0 Å². The Morgan fingerprint density at radius 2 is 1.94 bits per heavy atom. The molecule has 1 heterocycles. The highest BCUT2D eigenvalue weighted by Crippen LogP contribution is 2.41. The summed E-state index contributed by atoms with van der Waals surface area (Å²) in [4.78, 5) is 0. The van der Waals surface area contributed by atoms with Gasteiger partial charge in [0.15, 0.2) is 0 Å². The molecule has 0 aromatic rings. The second-order valence-corrected chi connectivity index (χ2v) is 6.14. The summed E-state index contributed by atoms with van der Waals surface area (Å²) >= 11 is 0. The van der Waals surface area contributed by atoms with Crippen LogP contribution in [0.3, 0.4) is 0 Å². The minimum absolute atomic E-state index is 0.501. The molecule has 0 spiro atoms. The molecule has 0 aromatic heterocycles. The third kappa shape index (κ3) is 4.22. The molecule has 2 aliphatic rings. The van der Waals surface area contributed by atoms with Gasteiger partial charge < -0.3 is 14.8 Å². The first-order valence-electron chi connectivity index (χ1n) is 7.62. The van der Waals surface area contributed by atoms with Gasteiger partial charge in [-0.25, -0.2) is 0 Å². The molecule has 2 rings (SSSR count). The van der Waals surface area contributed by atoms with E-state index in [1.165, 1.54) is 44.9 Å². The first-order chi connectivity index (χ1) is 8.85. The highest BCUT2D eigenvalue weighted by molar-refractivity contribution is 4.87. The van der Waals surface area contributed by atoms with Gasteiger partial charge in [0.25, 0.3) is 0 Å². The minimum atomic E-state index is 0.501. The lowest BCUT2D eigenvalue weighted by atomic mass is 9.73. The van der Waals surface area contributed by atoms with Gasteiger partial charge in [-0.1, -0.05) is 25.7 Å². The highest BCUT2D eigenvalue weighted by Gasteiger charge is 2.35. The number of nitrogens with one attached hydrogen (secondary N) is 1. The molecule has 3 nitrogen and oxygen atoms in total. The molecule has 1 saturated carbocycles. The predicted octanol–water partition coefficient (Wildman–Crippen LogP) is 2.60. The van der Waals surface area contributed by atoms with Crippen LogP contribution in [0.25, 0.3) is 0 Å². The van der Waals surface area contributed by atoms with E-state index in [2.05, 4.69) is 5.32 Å². The van der Waals surface area contributed by atoms with Crippen LogP contribution in [-0.2, 0) is 9.47 Å². The molecule has 0 unspecified atom stereocenters. The molecule has 106 valence electrons. The van der Waals surface area contributed by atoms with Crippen LogP contribution in [0.4, 0.5) is 0 Å². The van der Waals surface area contributed by atoms with Crippen molar-refractivity contribution in [3.8, 4) is 0 Å². The summed E-state index contributed by atoms with van der Waals surface area (Å²) in [5, 5.41) is 3.59. The number of methoxy groups -OCH3 is 1. The van der Waals surface area contributed by atoms with E-state index in [1.54, 1.807) is 7.11 Å². The standard InChI is InChI=1S/C15H29NO2/c1-17-11-8-16-13-15(6-9-18-10-7-15)12-14-4-2-3-5-14/h14,16H,2-13H2,1H3. The molecule has 1 aliphatic carbocycles. The fraction of sp³-hybridized carbons (Fsp3) is 1.00. The van der Waals surface area contributed by atoms with Crippen molar-refractivity contribution >= 4 is 0 Å². The van der Waals surface area contributed by atoms with E-state index >= 15 is 0 Å². The summed E-state index contributed by atoms with van der Waals surface area (Å²) in [6.45, 7) is 4.85. The van der Waals surface area contributed by atoms with Gasteiger partial charge in [0.2, 0.25) is 0 Å². The Kier molecular flexibility index (Phi) is 5.93. The Labute approximate surface area is 112 Å². The maximum absolute atomic E-state index is 5.56. The zero-order valence-electron chi connectivity index (χ0n) is 11.9. The summed E-state index contributed by atoms with van der Waals surface area (Å²) in [6, 6.07) is 0. The van der Waals surface area contributed by atoms with Crippen LogP contribution in [0.1, 0.15) is 44.9 Å². The van der Waals surface area contributed by atoms with E-state index in [4.69, 9.17) is 9.47 Å². The van der Waals surface area contributed by atoms with Crippen molar-refractivity contribution in [3.63, 3.8) is 0 Å². The largest absolute Gasteiger partial charge is 0.383 e. The monoisotopic (exact) mass is 255 g/mol. The quantitative estimate of drug-likeness (QED) is 0.709. The lowest BCUT2D eigenvalue weighted by molar-refractivity contribution is 0.00189. The van der Waals surface area contributed by atoms with Crippen LogP contribution >= 0.6 is 0 Å². The van der Waals surface area contributed by atoms with Gasteiger partial charge in [0, 0.05) is 33.4 Å². The fourth-order valence-corrected chi connectivity index (χ4v) is 3.61. The maximum Gasteiger partial charge on any atom is 0.0587 e. The van der Waals surface area contributed by atoms with Crippen molar-refractivity contribution in [1.82, 2.24) is 5.32 Å². The first kappa shape index (κ1) is 14.3. The van der Waals surface area contributed by atoms with Crippen molar-refractivity contribution < 1.29 is 9.47 Å². The average molecular weight is 255 g/mol. The predicted molar refractivity (Wildman–Crippen MR) is 73.8 cm³/mol. The zero-order chi connectivity index (χ0) is 12.7. The summed E-state index contributed by atoms with van der Waals surface area (Å²) < 4.78 is 10.7. The second kappa shape index (κ2) is 7.46. The van der Waals surface area contributed by atoms with Crippen LogP contribution in [-0.4, -0.2) is 40.0 Å². The second-order valence-electron chi connectivity index (χ2n) is 6.14. The number of ether oxygens (including phenoxy) is 2. The van der Waals surface area contributed by atoms with Crippen LogP contribution in [0.2, 0.25) is 0 Å². The van der Waals surface area contributed by atoms with E-state index in [9.17, 15) is 0 Å². The van der Waals surface area contributed by atoms with E-state index in [0.717, 1.165) is 38.8 Å². The molecule has 1 saturated heterocycles. The first-order valence-corrected chi connectivity index (χ1v) is 7.62. The van der Waals surface area contributed by atoms with E-state index in [1.807, 2.05) is 0 Å². The number of hydrogen-bond acceptors (Lipinski definition) is 3. The van der Waals surface area contributed by atoms with Gasteiger partial charge in [-0.05, 0) is 30.6 Å². The van der Waals surface area contributed by atoms with E-state index in [-0.39, 0.29) is 0 Å². The normalized spacial score (nSPS) is 24.5. The third-order valence-electron chi connectivity index (χ3n) is 4.73. The molecule has 0 bridgehead atoms. The Morgan fingerprint density at radius 1 is 1.22 bits per heavy atom. The van der Waals surface area contributed by atoms with Crippen molar-refractivity contribution in [2.45, 2.75) is 44.9 Å². The van der Waals surface area contributed by atoms with E-state index in [0.29, 0.717) is 5.41 Å². The van der Waals surface area contributed by atoms with Crippen LogP contribution < -0.4 is 5.32 Å². The Hall–Kier alpha value is -0.120. The van der Waals surface area contributed by atoms with Gasteiger partial charge in [0.1, 0.15) is 0 Å². The van der Waals surface area contributed by atoms with Crippen molar-refractivity contribution in [1.29, 1.82) is 0 Å². The number of rotatable bonds is 7. The number of hydrogen-bond donors (Lipinski definition) is 1. The lowest BCUT2D eigenvalue weighted by Gasteiger charge is -2.39. The molecule has 1 aliphatic heterocycles. The maximum atomic E-state index is 5.56. The lowest BCUT2D eigenvalue weighted by Crippen LogP contribution is -2.41. The van der Waals surface area contributed by atoms with Gasteiger partial charge in [-0.2, -0.15) is 0 Å². The molecular formula is C15H29NO2. The summed E-state index contributed by atoms with van der Waals surface area (Å²) in [7, 11) is 1.77. The molecule has 0 atom stereocenters. The van der Waals surface area contributed by atoms with Gasteiger partial charge in [-0.3, -0.25) is 0 Å². The van der Waals surface area contributed by atoms with Gasteiger partial charge in [0.05, 0.1) is 6.61 Å². The van der Waals surface area contributed by atoms with Crippen molar-refractivity contribution in [3.05, 3.63) is 0 Å². The van der Waals surface area contributed by atoms with Crippen LogP contribution in [0, 0.1) is 11.3 Å². The highest BCUT2D eigenvalue weighted by atomic mass is 16.5. The SMILES string of the molecule is COCCNCC1(CC2CCCC2)CCOCC1. The molecular weight excluding hydrogens is 226 g/mol. The molecule has 0 aromatic carbocycles.